The zero-order valence-electron chi connectivity index (χ0n) is 11.6. The van der Waals surface area contributed by atoms with Gasteiger partial charge in [0.15, 0.2) is 0 Å². The van der Waals surface area contributed by atoms with Gasteiger partial charge in [-0.05, 0) is 17.7 Å². The second-order valence-electron chi connectivity index (χ2n) is 4.02. The van der Waals surface area contributed by atoms with Crippen LogP contribution in [0.5, 0.6) is 5.75 Å². The van der Waals surface area contributed by atoms with Crippen LogP contribution in [-0.2, 0) is 20.8 Å². The first-order valence-corrected chi connectivity index (χ1v) is 6.44. The molecule has 0 aliphatic carbocycles. The third-order valence-corrected chi connectivity index (χ3v) is 2.41. The number of ether oxygens (including phenoxy) is 4. The quantitative estimate of drug-likeness (QED) is 0.623. The Balaban J connectivity index is 2.08. The highest BCUT2D eigenvalue weighted by atomic mass is 19.1. The summed E-state index contributed by atoms with van der Waals surface area (Å²) in [6, 6.07) is 4.13. The van der Waals surface area contributed by atoms with E-state index in [1.807, 2.05) is 0 Å². The van der Waals surface area contributed by atoms with Gasteiger partial charge >= 0.3 is 0 Å². The molecule has 0 atom stereocenters. The highest BCUT2D eigenvalue weighted by Gasteiger charge is 2.01. The van der Waals surface area contributed by atoms with Crippen molar-refractivity contribution >= 4 is 0 Å². The molecule has 0 amide bonds. The summed E-state index contributed by atoms with van der Waals surface area (Å²) in [7, 11) is 1.62. The van der Waals surface area contributed by atoms with Crippen molar-refractivity contribution in [2.75, 3.05) is 46.8 Å². The number of rotatable bonds is 11. The second-order valence-corrected chi connectivity index (χ2v) is 4.02. The molecular weight excluding hydrogens is 267 g/mol. The largest absolute Gasteiger partial charge is 0.491 e. The van der Waals surface area contributed by atoms with Crippen LogP contribution in [0, 0.1) is 5.82 Å². The number of hydrogen-bond donors (Lipinski definition) is 1. The van der Waals surface area contributed by atoms with E-state index in [-0.39, 0.29) is 6.61 Å². The summed E-state index contributed by atoms with van der Waals surface area (Å²) in [6.07, 6.45) is 0. The Labute approximate surface area is 118 Å². The number of halogens is 1. The van der Waals surface area contributed by atoms with Gasteiger partial charge in [0.2, 0.25) is 0 Å². The van der Waals surface area contributed by atoms with Crippen LogP contribution in [0.2, 0.25) is 0 Å². The minimum absolute atomic E-state index is 0.219. The number of methoxy groups -OCH3 is 1. The minimum Gasteiger partial charge on any atom is -0.491 e. The summed E-state index contributed by atoms with van der Waals surface area (Å²) in [5.41, 5.74) is 0.479. The average molecular weight is 288 g/mol. The van der Waals surface area contributed by atoms with Crippen LogP contribution in [0.4, 0.5) is 4.39 Å². The first kappa shape index (κ1) is 16.8. The summed E-state index contributed by atoms with van der Waals surface area (Å²) in [5, 5.41) is 8.95. The molecular formula is C14H21FO5. The van der Waals surface area contributed by atoms with Crippen molar-refractivity contribution < 1.29 is 28.4 Å². The standard InChI is InChI=1S/C14H21FO5/c1-17-2-3-18-4-5-19-6-7-20-14-9-12(11-16)8-13(15)10-14/h8-10,16H,2-7,11H2,1H3. The van der Waals surface area contributed by atoms with E-state index in [4.69, 9.17) is 24.1 Å². The van der Waals surface area contributed by atoms with Gasteiger partial charge in [-0.1, -0.05) is 0 Å². The van der Waals surface area contributed by atoms with Crippen LogP contribution < -0.4 is 4.74 Å². The molecule has 0 fully saturated rings. The molecule has 0 spiro atoms. The lowest BCUT2D eigenvalue weighted by Gasteiger charge is -2.09. The average Bonchev–Trinajstić information content (AvgIpc) is 2.45. The summed E-state index contributed by atoms with van der Waals surface area (Å²) in [5.74, 6) is -0.0481. The lowest BCUT2D eigenvalue weighted by molar-refractivity contribution is 0.0179. The number of benzene rings is 1. The van der Waals surface area contributed by atoms with E-state index >= 15 is 0 Å². The summed E-state index contributed by atoms with van der Waals surface area (Å²) < 4.78 is 33.8. The van der Waals surface area contributed by atoms with Crippen LogP contribution in [0.25, 0.3) is 0 Å². The highest BCUT2D eigenvalue weighted by Crippen LogP contribution is 2.16. The fraction of sp³-hybridized carbons (Fsp3) is 0.571. The smallest absolute Gasteiger partial charge is 0.127 e. The number of aliphatic hydroxyl groups is 1. The highest BCUT2D eigenvalue weighted by molar-refractivity contribution is 5.29. The molecule has 6 heteroatoms. The molecule has 20 heavy (non-hydrogen) atoms. The van der Waals surface area contributed by atoms with Crippen molar-refractivity contribution in [1.82, 2.24) is 0 Å². The maximum Gasteiger partial charge on any atom is 0.127 e. The number of aliphatic hydroxyl groups excluding tert-OH is 1. The molecule has 1 N–H and O–H groups in total. The van der Waals surface area contributed by atoms with Gasteiger partial charge in [0.05, 0.1) is 39.6 Å². The molecule has 0 saturated carbocycles. The zero-order valence-corrected chi connectivity index (χ0v) is 11.6. The van der Waals surface area contributed by atoms with Crippen molar-refractivity contribution in [2.45, 2.75) is 6.61 Å². The Hall–Kier alpha value is -1.21. The molecule has 114 valence electrons. The summed E-state index contributed by atoms with van der Waals surface area (Å²) >= 11 is 0. The maximum atomic E-state index is 13.1. The molecule has 0 aromatic heterocycles. The monoisotopic (exact) mass is 288 g/mol. The first-order chi connectivity index (χ1) is 9.76. The van der Waals surface area contributed by atoms with E-state index in [1.165, 1.54) is 12.1 Å². The molecule has 0 heterocycles. The summed E-state index contributed by atoms with van der Waals surface area (Å²) in [6.45, 7) is 2.56. The Bertz CT molecular complexity index is 373. The SMILES string of the molecule is COCCOCCOCCOc1cc(F)cc(CO)c1. The van der Waals surface area contributed by atoms with E-state index in [0.29, 0.717) is 51.0 Å². The summed E-state index contributed by atoms with van der Waals surface area (Å²) in [4.78, 5) is 0. The van der Waals surface area contributed by atoms with Crippen LogP contribution in [0.15, 0.2) is 18.2 Å². The van der Waals surface area contributed by atoms with E-state index in [0.717, 1.165) is 0 Å². The Morgan fingerprint density at radius 2 is 1.60 bits per heavy atom. The lowest BCUT2D eigenvalue weighted by atomic mass is 10.2. The second kappa shape index (κ2) is 10.6. The van der Waals surface area contributed by atoms with Gasteiger partial charge < -0.3 is 24.1 Å². The lowest BCUT2D eigenvalue weighted by Crippen LogP contribution is -2.12. The van der Waals surface area contributed by atoms with Crippen molar-refractivity contribution in [1.29, 1.82) is 0 Å². The predicted molar refractivity (Wildman–Crippen MR) is 71.3 cm³/mol. The molecule has 0 radical (unpaired) electrons. The van der Waals surface area contributed by atoms with Crippen molar-refractivity contribution in [3.63, 3.8) is 0 Å². The molecule has 1 aromatic rings. The fourth-order valence-electron chi connectivity index (χ4n) is 1.48. The van der Waals surface area contributed by atoms with Gasteiger partial charge in [-0.15, -0.1) is 0 Å². The number of hydrogen-bond acceptors (Lipinski definition) is 5. The molecule has 0 unspecified atom stereocenters. The zero-order chi connectivity index (χ0) is 14.6. The molecule has 1 rings (SSSR count). The topological polar surface area (TPSA) is 57.2 Å². The maximum absolute atomic E-state index is 13.1. The molecule has 0 aliphatic rings. The third kappa shape index (κ3) is 7.40. The van der Waals surface area contributed by atoms with Gasteiger partial charge in [-0.25, -0.2) is 4.39 Å². The Kier molecular flexibility index (Phi) is 8.90. The van der Waals surface area contributed by atoms with Crippen LogP contribution >= 0.6 is 0 Å². The van der Waals surface area contributed by atoms with Crippen LogP contribution in [-0.4, -0.2) is 51.9 Å². The fourth-order valence-corrected chi connectivity index (χ4v) is 1.48. The normalized spacial score (nSPS) is 10.8. The molecule has 1 aromatic carbocycles. The minimum atomic E-state index is -0.431. The van der Waals surface area contributed by atoms with E-state index in [9.17, 15) is 4.39 Å². The van der Waals surface area contributed by atoms with E-state index in [1.54, 1.807) is 13.2 Å². The predicted octanol–water partition coefficient (Wildman–Crippen LogP) is 1.38. The molecule has 0 aliphatic heterocycles. The van der Waals surface area contributed by atoms with Crippen molar-refractivity contribution in [3.05, 3.63) is 29.6 Å². The van der Waals surface area contributed by atoms with Gasteiger partial charge in [0.1, 0.15) is 18.2 Å². The van der Waals surface area contributed by atoms with E-state index < -0.39 is 5.82 Å². The van der Waals surface area contributed by atoms with Crippen molar-refractivity contribution in [2.24, 2.45) is 0 Å². The molecule has 0 saturated heterocycles. The Morgan fingerprint density at radius 1 is 0.950 bits per heavy atom. The molecule has 0 bridgehead atoms. The van der Waals surface area contributed by atoms with Crippen molar-refractivity contribution in [3.8, 4) is 5.75 Å². The Morgan fingerprint density at radius 3 is 2.25 bits per heavy atom. The van der Waals surface area contributed by atoms with E-state index in [2.05, 4.69) is 0 Å². The van der Waals surface area contributed by atoms with Gasteiger partial charge in [-0.3, -0.25) is 0 Å². The third-order valence-electron chi connectivity index (χ3n) is 2.41. The van der Waals surface area contributed by atoms with Gasteiger partial charge in [-0.2, -0.15) is 0 Å². The first-order valence-electron chi connectivity index (χ1n) is 6.44. The van der Waals surface area contributed by atoms with Crippen LogP contribution in [0.1, 0.15) is 5.56 Å². The van der Waals surface area contributed by atoms with Gasteiger partial charge in [0, 0.05) is 13.2 Å². The molecule has 5 nitrogen and oxygen atoms in total. The van der Waals surface area contributed by atoms with Gasteiger partial charge in [0.25, 0.3) is 0 Å². The van der Waals surface area contributed by atoms with Crippen LogP contribution in [0.3, 0.4) is 0 Å².